The quantitative estimate of drug-likeness (QED) is 0.744. The molecule has 1 aliphatic heterocycles. The lowest BCUT2D eigenvalue weighted by Crippen LogP contribution is -2.62. The monoisotopic (exact) mass is 331 g/mol. The Balaban J connectivity index is 1.93. The minimum atomic E-state index is -0.583. The molecule has 0 spiro atoms. The summed E-state index contributed by atoms with van der Waals surface area (Å²) >= 11 is 0. The maximum Gasteiger partial charge on any atom is 0.309 e. The van der Waals surface area contributed by atoms with Gasteiger partial charge in [0.25, 0.3) is 0 Å². The van der Waals surface area contributed by atoms with E-state index in [-0.39, 0.29) is 23.2 Å². The van der Waals surface area contributed by atoms with Crippen LogP contribution >= 0.6 is 0 Å². The van der Waals surface area contributed by atoms with Gasteiger partial charge in [0.15, 0.2) is 0 Å². The first-order valence-electron chi connectivity index (χ1n) is 8.54. The minimum absolute atomic E-state index is 0.0125. The SMILES string of the molecule is C[C@H](NC(=O)C(=O)NC1CC(C)(C)NC(C)(C)C1)c1ccccc1. The van der Waals surface area contributed by atoms with Gasteiger partial charge < -0.3 is 16.0 Å². The highest BCUT2D eigenvalue weighted by atomic mass is 16.2. The number of carbonyl (C=O) groups is 2. The second-order valence-electron chi connectivity index (χ2n) is 8.08. The van der Waals surface area contributed by atoms with Gasteiger partial charge in [-0.15, -0.1) is 0 Å². The third-order valence-electron chi connectivity index (χ3n) is 4.38. The molecule has 0 aliphatic carbocycles. The van der Waals surface area contributed by atoms with Crippen molar-refractivity contribution in [3.63, 3.8) is 0 Å². The second-order valence-corrected chi connectivity index (χ2v) is 8.08. The van der Waals surface area contributed by atoms with Crippen LogP contribution in [0.15, 0.2) is 30.3 Å². The molecule has 1 fully saturated rings. The van der Waals surface area contributed by atoms with Gasteiger partial charge >= 0.3 is 11.8 Å². The first kappa shape index (κ1) is 18.5. The average molecular weight is 331 g/mol. The number of piperidine rings is 1. The van der Waals surface area contributed by atoms with E-state index in [1.807, 2.05) is 37.3 Å². The lowest BCUT2D eigenvalue weighted by Gasteiger charge is -2.46. The van der Waals surface area contributed by atoms with Crippen molar-refractivity contribution in [3.8, 4) is 0 Å². The number of benzene rings is 1. The summed E-state index contributed by atoms with van der Waals surface area (Å²) in [6.45, 7) is 10.3. The standard InChI is InChI=1S/C19H29N3O2/c1-13(14-9-7-6-8-10-14)20-16(23)17(24)21-15-11-18(2,3)22-19(4,5)12-15/h6-10,13,15,22H,11-12H2,1-5H3,(H,20,23)(H,21,24)/t13-/m0/s1. The van der Waals surface area contributed by atoms with Gasteiger partial charge in [0, 0.05) is 17.1 Å². The van der Waals surface area contributed by atoms with Crippen LogP contribution in [0.2, 0.25) is 0 Å². The molecule has 0 radical (unpaired) electrons. The molecule has 24 heavy (non-hydrogen) atoms. The zero-order valence-electron chi connectivity index (χ0n) is 15.3. The summed E-state index contributed by atoms with van der Waals surface area (Å²) in [6.07, 6.45) is 1.59. The van der Waals surface area contributed by atoms with Gasteiger partial charge in [-0.2, -0.15) is 0 Å². The van der Waals surface area contributed by atoms with Crippen LogP contribution in [0, 0.1) is 0 Å². The zero-order valence-corrected chi connectivity index (χ0v) is 15.3. The molecule has 1 saturated heterocycles. The number of nitrogens with one attached hydrogen (secondary N) is 3. The Hall–Kier alpha value is -1.88. The fourth-order valence-corrected chi connectivity index (χ4v) is 3.76. The van der Waals surface area contributed by atoms with E-state index < -0.39 is 11.8 Å². The highest BCUT2D eigenvalue weighted by molar-refractivity contribution is 6.35. The van der Waals surface area contributed by atoms with Crippen molar-refractivity contribution in [3.05, 3.63) is 35.9 Å². The molecule has 2 amide bonds. The summed E-state index contributed by atoms with van der Waals surface area (Å²) in [5.41, 5.74) is 0.823. The highest BCUT2D eigenvalue weighted by Crippen LogP contribution is 2.28. The molecule has 3 N–H and O–H groups in total. The smallest absolute Gasteiger partial charge is 0.309 e. The second kappa shape index (κ2) is 6.93. The zero-order chi connectivity index (χ0) is 18.0. The van der Waals surface area contributed by atoms with Gasteiger partial charge in [0.1, 0.15) is 0 Å². The van der Waals surface area contributed by atoms with Crippen molar-refractivity contribution >= 4 is 11.8 Å². The maximum atomic E-state index is 12.3. The van der Waals surface area contributed by atoms with Crippen LogP contribution in [0.25, 0.3) is 0 Å². The molecule has 5 nitrogen and oxygen atoms in total. The molecule has 0 saturated carbocycles. The van der Waals surface area contributed by atoms with Gasteiger partial charge in [-0.1, -0.05) is 30.3 Å². The van der Waals surface area contributed by atoms with E-state index in [1.165, 1.54) is 0 Å². The third-order valence-corrected chi connectivity index (χ3v) is 4.38. The van der Waals surface area contributed by atoms with Crippen LogP contribution in [0.4, 0.5) is 0 Å². The highest BCUT2D eigenvalue weighted by Gasteiger charge is 2.38. The van der Waals surface area contributed by atoms with Crippen molar-refractivity contribution in [2.75, 3.05) is 0 Å². The molecule has 0 aromatic heterocycles. The van der Waals surface area contributed by atoms with Crippen molar-refractivity contribution in [1.82, 2.24) is 16.0 Å². The van der Waals surface area contributed by atoms with Crippen molar-refractivity contribution in [1.29, 1.82) is 0 Å². The summed E-state index contributed by atoms with van der Waals surface area (Å²) < 4.78 is 0. The largest absolute Gasteiger partial charge is 0.345 e. The lowest BCUT2D eigenvalue weighted by atomic mass is 9.79. The Bertz CT molecular complexity index is 580. The van der Waals surface area contributed by atoms with Crippen LogP contribution < -0.4 is 16.0 Å². The summed E-state index contributed by atoms with van der Waals surface area (Å²) in [6, 6.07) is 9.40. The molecule has 132 valence electrons. The summed E-state index contributed by atoms with van der Waals surface area (Å²) in [5, 5.41) is 9.22. The van der Waals surface area contributed by atoms with E-state index in [4.69, 9.17) is 0 Å². The van der Waals surface area contributed by atoms with Gasteiger partial charge in [0.05, 0.1) is 6.04 Å². The fourth-order valence-electron chi connectivity index (χ4n) is 3.76. The van der Waals surface area contributed by atoms with E-state index in [2.05, 4.69) is 43.6 Å². The fraction of sp³-hybridized carbons (Fsp3) is 0.579. The molecular formula is C19H29N3O2. The lowest BCUT2D eigenvalue weighted by molar-refractivity contribution is -0.140. The minimum Gasteiger partial charge on any atom is -0.345 e. The average Bonchev–Trinajstić information content (AvgIpc) is 2.44. The van der Waals surface area contributed by atoms with Crippen molar-refractivity contribution in [2.45, 2.75) is 70.6 Å². The van der Waals surface area contributed by atoms with Crippen LogP contribution in [0.5, 0.6) is 0 Å². The van der Waals surface area contributed by atoms with Crippen LogP contribution in [0.1, 0.15) is 59.1 Å². The van der Waals surface area contributed by atoms with Crippen molar-refractivity contribution in [2.24, 2.45) is 0 Å². The Morgan fingerprint density at radius 3 is 2.12 bits per heavy atom. The Morgan fingerprint density at radius 1 is 1.04 bits per heavy atom. The molecule has 1 atom stereocenters. The third kappa shape index (κ3) is 5.06. The molecule has 1 aromatic carbocycles. The topological polar surface area (TPSA) is 70.2 Å². The molecule has 5 heteroatoms. The summed E-state index contributed by atoms with van der Waals surface area (Å²) in [4.78, 5) is 24.4. The maximum absolute atomic E-state index is 12.3. The Morgan fingerprint density at radius 2 is 1.58 bits per heavy atom. The Kier molecular flexibility index (Phi) is 5.33. The van der Waals surface area contributed by atoms with Crippen LogP contribution in [-0.2, 0) is 9.59 Å². The van der Waals surface area contributed by atoms with Gasteiger partial charge in [0.2, 0.25) is 0 Å². The van der Waals surface area contributed by atoms with E-state index in [0.29, 0.717) is 0 Å². The Labute approximate surface area is 144 Å². The number of hydrogen-bond acceptors (Lipinski definition) is 3. The number of rotatable bonds is 3. The summed E-state index contributed by atoms with van der Waals surface area (Å²) in [5.74, 6) is -1.14. The van der Waals surface area contributed by atoms with Gasteiger partial charge in [-0.25, -0.2) is 0 Å². The van der Waals surface area contributed by atoms with Crippen LogP contribution in [-0.4, -0.2) is 28.9 Å². The first-order chi connectivity index (χ1) is 11.1. The number of carbonyl (C=O) groups excluding carboxylic acids is 2. The first-order valence-corrected chi connectivity index (χ1v) is 8.54. The summed E-state index contributed by atoms with van der Waals surface area (Å²) in [7, 11) is 0. The molecule has 1 aliphatic rings. The number of amides is 2. The van der Waals surface area contributed by atoms with Gasteiger partial charge in [-0.05, 0) is 53.0 Å². The van der Waals surface area contributed by atoms with E-state index in [1.54, 1.807) is 0 Å². The predicted molar refractivity (Wildman–Crippen MR) is 95.5 cm³/mol. The molecule has 0 bridgehead atoms. The van der Waals surface area contributed by atoms with Gasteiger partial charge in [-0.3, -0.25) is 9.59 Å². The predicted octanol–water partition coefficient (Wildman–Crippen LogP) is 2.29. The molecule has 1 heterocycles. The van der Waals surface area contributed by atoms with E-state index in [9.17, 15) is 9.59 Å². The van der Waals surface area contributed by atoms with Crippen molar-refractivity contribution < 1.29 is 9.59 Å². The number of hydrogen-bond donors (Lipinski definition) is 3. The van der Waals surface area contributed by atoms with E-state index in [0.717, 1.165) is 18.4 Å². The van der Waals surface area contributed by atoms with Crippen LogP contribution in [0.3, 0.4) is 0 Å². The molecule has 0 unspecified atom stereocenters. The molecule has 2 rings (SSSR count). The molecular weight excluding hydrogens is 302 g/mol. The molecule has 1 aromatic rings. The van der Waals surface area contributed by atoms with E-state index >= 15 is 0 Å². The normalized spacial score (nSPS) is 20.9.